The molecule has 1 amide bonds. The second-order valence-electron chi connectivity index (χ2n) is 5.85. The Labute approximate surface area is 154 Å². The van der Waals surface area contributed by atoms with E-state index in [1.165, 1.54) is 12.1 Å². The van der Waals surface area contributed by atoms with Crippen LogP contribution in [0.2, 0.25) is 0 Å². The van der Waals surface area contributed by atoms with Gasteiger partial charge in [-0.3, -0.25) is 4.79 Å². The number of benzene rings is 2. The van der Waals surface area contributed by atoms with Gasteiger partial charge in [0.25, 0.3) is 5.91 Å². The van der Waals surface area contributed by atoms with E-state index in [0.717, 1.165) is 23.3 Å². The van der Waals surface area contributed by atoms with Crippen LogP contribution in [0.25, 0.3) is 0 Å². The van der Waals surface area contributed by atoms with Crippen molar-refractivity contribution in [2.45, 2.75) is 20.0 Å². The molecular weight excluding hydrogens is 363 g/mol. The number of alkyl halides is 3. The van der Waals surface area contributed by atoms with Crippen LogP contribution in [0, 0.1) is 13.8 Å². The molecule has 0 aliphatic heterocycles. The van der Waals surface area contributed by atoms with Crippen molar-refractivity contribution >= 4 is 17.6 Å². The lowest BCUT2D eigenvalue weighted by Gasteiger charge is -2.11. The molecule has 0 fully saturated rings. The Morgan fingerprint density at radius 1 is 1.04 bits per heavy atom. The molecule has 0 saturated heterocycles. The van der Waals surface area contributed by atoms with Gasteiger partial charge in [0.1, 0.15) is 5.75 Å². The minimum atomic E-state index is -4.52. The highest BCUT2D eigenvalue weighted by molar-refractivity contribution is 5.92. The number of nitrogens with one attached hydrogen (secondary N) is 1. The monoisotopic (exact) mass is 381 g/mol. The molecule has 0 aromatic heterocycles. The number of carbonyl (C=O) groups excluding carboxylic acids is 2. The quantitative estimate of drug-likeness (QED) is 0.772. The van der Waals surface area contributed by atoms with Gasteiger partial charge in [0.15, 0.2) is 13.2 Å². The first-order valence-electron chi connectivity index (χ1n) is 7.98. The molecule has 8 heteroatoms. The van der Waals surface area contributed by atoms with Gasteiger partial charge in [-0.05, 0) is 49.2 Å². The molecule has 0 atom stereocenters. The van der Waals surface area contributed by atoms with E-state index in [1.54, 1.807) is 6.07 Å². The number of ether oxygens (including phenoxy) is 2. The molecule has 0 aliphatic carbocycles. The van der Waals surface area contributed by atoms with Crippen LogP contribution in [-0.4, -0.2) is 25.1 Å². The van der Waals surface area contributed by atoms with Gasteiger partial charge in [-0.15, -0.1) is 0 Å². The summed E-state index contributed by atoms with van der Waals surface area (Å²) in [7, 11) is 0. The highest BCUT2D eigenvalue weighted by Crippen LogP contribution is 2.30. The van der Waals surface area contributed by atoms with Gasteiger partial charge < -0.3 is 14.8 Å². The maximum absolute atomic E-state index is 12.6. The Morgan fingerprint density at radius 2 is 1.78 bits per heavy atom. The molecule has 0 spiro atoms. The Hall–Kier alpha value is -3.03. The van der Waals surface area contributed by atoms with Crippen LogP contribution in [0.5, 0.6) is 5.75 Å². The number of anilines is 1. The number of aryl methyl sites for hydroxylation is 2. The van der Waals surface area contributed by atoms with Gasteiger partial charge in [0, 0.05) is 5.69 Å². The highest BCUT2D eigenvalue weighted by atomic mass is 19.4. The molecule has 0 heterocycles. The Bertz CT molecular complexity index is 834. The minimum Gasteiger partial charge on any atom is -0.482 e. The van der Waals surface area contributed by atoms with Crippen molar-refractivity contribution in [2.24, 2.45) is 0 Å². The van der Waals surface area contributed by atoms with Gasteiger partial charge in [0.2, 0.25) is 0 Å². The first kappa shape index (κ1) is 20.3. The van der Waals surface area contributed by atoms with Crippen LogP contribution >= 0.6 is 0 Å². The number of carbonyl (C=O) groups is 2. The van der Waals surface area contributed by atoms with Crippen LogP contribution in [0.3, 0.4) is 0 Å². The fourth-order valence-corrected chi connectivity index (χ4v) is 2.16. The number of halogens is 3. The lowest BCUT2D eigenvalue weighted by molar-refractivity contribution is -0.149. The Morgan fingerprint density at radius 3 is 2.48 bits per heavy atom. The molecule has 0 saturated carbocycles. The van der Waals surface area contributed by atoms with E-state index >= 15 is 0 Å². The topological polar surface area (TPSA) is 64.6 Å². The molecule has 0 aliphatic rings. The summed E-state index contributed by atoms with van der Waals surface area (Å²) in [6, 6.07) is 9.67. The van der Waals surface area contributed by atoms with Crippen molar-refractivity contribution in [1.29, 1.82) is 0 Å². The normalized spacial score (nSPS) is 11.0. The molecule has 0 radical (unpaired) electrons. The van der Waals surface area contributed by atoms with Gasteiger partial charge in [-0.2, -0.15) is 13.2 Å². The lowest BCUT2D eigenvalue weighted by atomic mass is 10.1. The van der Waals surface area contributed by atoms with Crippen molar-refractivity contribution in [2.75, 3.05) is 18.5 Å². The second-order valence-corrected chi connectivity index (χ2v) is 5.85. The molecule has 5 nitrogen and oxygen atoms in total. The van der Waals surface area contributed by atoms with Gasteiger partial charge in [0.05, 0.1) is 5.56 Å². The number of hydrogen-bond acceptors (Lipinski definition) is 4. The Kier molecular flexibility index (Phi) is 6.44. The van der Waals surface area contributed by atoms with Crippen LogP contribution in [0.15, 0.2) is 42.5 Å². The van der Waals surface area contributed by atoms with Gasteiger partial charge in [-0.25, -0.2) is 4.79 Å². The molecule has 27 heavy (non-hydrogen) atoms. The lowest BCUT2D eigenvalue weighted by Crippen LogP contribution is -2.24. The van der Waals surface area contributed by atoms with Crippen LogP contribution in [-0.2, 0) is 20.5 Å². The third-order valence-corrected chi connectivity index (χ3v) is 3.53. The molecule has 2 aromatic rings. The zero-order valence-electron chi connectivity index (χ0n) is 14.7. The number of esters is 1. The van der Waals surface area contributed by atoms with Crippen molar-refractivity contribution in [3.05, 3.63) is 59.2 Å². The zero-order valence-corrected chi connectivity index (χ0v) is 14.7. The summed E-state index contributed by atoms with van der Waals surface area (Å²) in [6.07, 6.45) is -4.52. The fourth-order valence-electron chi connectivity index (χ4n) is 2.16. The summed E-state index contributed by atoms with van der Waals surface area (Å²) in [5.41, 5.74) is 0.872. The molecular formula is C19H18F3NO4. The third-order valence-electron chi connectivity index (χ3n) is 3.53. The van der Waals surface area contributed by atoms with E-state index in [-0.39, 0.29) is 12.3 Å². The summed E-state index contributed by atoms with van der Waals surface area (Å²) in [5.74, 6) is -0.995. The van der Waals surface area contributed by atoms with Gasteiger partial charge in [-0.1, -0.05) is 18.2 Å². The first-order chi connectivity index (χ1) is 12.6. The zero-order chi connectivity index (χ0) is 20.0. The second kappa shape index (κ2) is 8.57. The van der Waals surface area contributed by atoms with E-state index in [1.807, 2.05) is 26.0 Å². The molecule has 0 bridgehead atoms. The van der Waals surface area contributed by atoms with Crippen molar-refractivity contribution < 1.29 is 32.2 Å². The average Bonchev–Trinajstić information content (AvgIpc) is 2.60. The van der Waals surface area contributed by atoms with E-state index in [0.29, 0.717) is 5.75 Å². The van der Waals surface area contributed by atoms with Crippen molar-refractivity contribution in [3.8, 4) is 5.75 Å². The minimum absolute atomic E-state index is 0.0440. The van der Waals surface area contributed by atoms with E-state index in [9.17, 15) is 22.8 Å². The van der Waals surface area contributed by atoms with Crippen molar-refractivity contribution in [1.82, 2.24) is 0 Å². The van der Waals surface area contributed by atoms with Crippen LogP contribution < -0.4 is 10.1 Å². The molecule has 1 N–H and O–H groups in total. The largest absolute Gasteiger partial charge is 0.482 e. The smallest absolute Gasteiger partial charge is 0.416 e. The van der Waals surface area contributed by atoms with Gasteiger partial charge >= 0.3 is 12.1 Å². The standard InChI is InChI=1S/C19H18F3NO4/c1-12-6-7-13(2)16(8-12)26-11-18(25)27-10-17(24)23-15-5-3-4-14(9-15)19(20,21)22/h3-9H,10-11H2,1-2H3,(H,23,24). The third kappa shape index (κ3) is 6.32. The number of rotatable bonds is 6. The number of amides is 1. The van der Waals surface area contributed by atoms with Crippen molar-refractivity contribution in [3.63, 3.8) is 0 Å². The summed E-state index contributed by atoms with van der Waals surface area (Å²) in [6.45, 7) is 2.68. The highest BCUT2D eigenvalue weighted by Gasteiger charge is 2.30. The predicted octanol–water partition coefficient (Wildman–Crippen LogP) is 3.88. The maximum atomic E-state index is 12.6. The maximum Gasteiger partial charge on any atom is 0.416 e. The van der Waals surface area contributed by atoms with E-state index < -0.39 is 30.2 Å². The SMILES string of the molecule is Cc1ccc(C)c(OCC(=O)OCC(=O)Nc2cccc(C(F)(F)F)c2)c1. The summed E-state index contributed by atoms with van der Waals surface area (Å²) < 4.78 is 48.0. The predicted molar refractivity (Wildman–Crippen MR) is 92.4 cm³/mol. The van der Waals surface area contributed by atoms with E-state index in [4.69, 9.17) is 9.47 Å². The molecule has 144 valence electrons. The summed E-state index contributed by atoms with van der Waals surface area (Å²) in [5, 5.41) is 2.24. The fraction of sp³-hybridized carbons (Fsp3) is 0.263. The Balaban J connectivity index is 1.81. The molecule has 0 unspecified atom stereocenters. The average molecular weight is 381 g/mol. The first-order valence-corrected chi connectivity index (χ1v) is 7.98. The molecule has 2 aromatic carbocycles. The van der Waals surface area contributed by atoms with Crippen LogP contribution in [0.1, 0.15) is 16.7 Å². The summed E-state index contributed by atoms with van der Waals surface area (Å²) >= 11 is 0. The summed E-state index contributed by atoms with van der Waals surface area (Å²) in [4.78, 5) is 23.4. The van der Waals surface area contributed by atoms with Crippen LogP contribution in [0.4, 0.5) is 18.9 Å². The number of hydrogen-bond donors (Lipinski definition) is 1. The molecule has 2 rings (SSSR count). The van der Waals surface area contributed by atoms with E-state index in [2.05, 4.69) is 5.32 Å².